The molecule has 2 aliphatic rings. The number of benzene rings is 2. The fraction of sp³-hybridized carbons (Fsp3) is 0.410. The van der Waals surface area contributed by atoms with Gasteiger partial charge in [-0.05, 0) is 90.5 Å². The number of H-pyrrole nitrogens is 2. The van der Waals surface area contributed by atoms with Gasteiger partial charge in [0.15, 0.2) is 0 Å². The Morgan fingerprint density at radius 3 is 1.80 bits per heavy atom. The van der Waals surface area contributed by atoms with E-state index < -0.39 is 11.2 Å². The molecule has 0 spiro atoms. The van der Waals surface area contributed by atoms with Gasteiger partial charge in [0.05, 0.1) is 29.0 Å². The lowest BCUT2D eigenvalue weighted by Gasteiger charge is -2.27. The quantitative estimate of drug-likeness (QED) is 0.190. The second-order valence-corrected chi connectivity index (χ2v) is 15.1. The molecule has 11 nitrogen and oxygen atoms in total. The second-order valence-electron chi connectivity index (χ2n) is 15.1. The number of amides is 2. The lowest BCUT2D eigenvalue weighted by Crippen LogP contribution is -2.36. The molecule has 2 saturated heterocycles. The highest BCUT2D eigenvalue weighted by molar-refractivity contribution is 6.02. The maximum absolute atomic E-state index is 12.9. The van der Waals surface area contributed by atoms with E-state index in [1.807, 2.05) is 60.0 Å². The highest BCUT2D eigenvalue weighted by atomic mass is 16.6. The summed E-state index contributed by atoms with van der Waals surface area (Å²) in [6.07, 6.45) is 8.45. The number of imidazole rings is 2. The SMILES string of the molecule is CC(C)(C)OC(=O)N1CCC[C@H]1c1nc(-c2ccc(-c3ccc(-c4c[nH]c([C@@H]5CCCN5C(=O)OC(C)(C)C)n4)c4ncccc34)cc2)c[nH]1. The van der Waals surface area contributed by atoms with Gasteiger partial charge >= 0.3 is 12.2 Å². The van der Waals surface area contributed by atoms with Crippen LogP contribution in [0.5, 0.6) is 0 Å². The fourth-order valence-corrected chi connectivity index (χ4v) is 6.93. The zero-order valence-electron chi connectivity index (χ0n) is 29.6. The number of nitrogens with zero attached hydrogens (tertiary/aromatic N) is 5. The first kappa shape index (κ1) is 33.3. The van der Waals surface area contributed by atoms with Crippen LogP contribution in [0.15, 0.2) is 67.1 Å². The average Bonchev–Trinajstić information content (AvgIpc) is 3.89. The van der Waals surface area contributed by atoms with Crippen molar-refractivity contribution in [1.29, 1.82) is 0 Å². The van der Waals surface area contributed by atoms with E-state index >= 15 is 0 Å². The molecule has 0 aliphatic carbocycles. The maximum atomic E-state index is 12.9. The van der Waals surface area contributed by atoms with Crippen molar-refractivity contribution < 1.29 is 19.1 Å². The third-order valence-electron chi connectivity index (χ3n) is 9.13. The molecule has 5 aromatic rings. The molecule has 5 heterocycles. The molecule has 2 atom stereocenters. The first-order valence-electron chi connectivity index (χ1n) is 17.4. The van der Waals surface area contributed by atoms with Gasteiger partial charge < -0.3 is 19.4 Å². The van der Waals surface area contributed by atoms with Crippen LogP contribution in [-0.4, -0.2) is 71.2 Å². The van der Waals surface area contributed by atoms with Gasteiger partial charge in [-0.2, -0.15) is 0 Å². The largest absolute Gasteiger partial charge is 0.444 e. The summed E-state index contributed by atoms with van der Waals surface area (Å²) in [4.78, 5) is 50.6. The topological polar surface area (TPSA) is 129 Å². The lowest BCUT2D eigenvalue weighted by atomic mass is 9.96. The summed E-state index contributed by atoms with van der Waals surface area (Å²) in [5.74, 6) is 1.52. The van der Waals surface area contributed by atoms with Crippen LogP contribution in [0.25, 0.3) is 44.5 Å². The summed E-state index contributed by atoms with van der Waals surface area (Å²) >= 11 is 0. The van der Waals surface area contributed by atoms with Crippen LogP contribution in [0.3, 0.4) is 0 Å². The van der Waals surface area contributed by atoms with E-state index in [9.17, 15) is 9.59 Å². The number of aromatic amines is 2. The van der Waals surface area contributed by atoms with Gasteiger partial charge in [-0.1, -0.05) is 36.4 Å². The third kappa shape index (κ3) is 6.81. The van der Waals surface area contributed by atoms with Crippen LogP contribution in [0.1, 0.15) is 91.0 Å². The van der Waals surface area contributed by atoms with Crippen LogP contribution in [0.2, 0.25) is 0 Å². The summed E-state index contributed by atoms with van der Waals surface area (Å²) in [7, 11) is 0. The molecule has 11 heteroatoms. The van der Waals surface area contributed by atoms with Gasteiger partial charge in [-0.3, -0.25) is 14.8 Å². The molecule has 2 N–H and O–H groups in total. The summed E-state index contributed by atoms with van der Waals surface area (Å²) in [5, 5.41) is 1.02. The smallest absolute Gasteiger partial charge is 0.410 e. The summed E-state index contributed by atoms with van der Waals surface area (Å²) < 4.78 is 11.3. The van der Waals surface area contributed by atoms with Crippen molar-refractivity contribution in [2.75, 3.05) is 13.1 Å². The van der Waals surface area contributed by atoms with E-state index in [0.717, 1.165) is 81.9 Å². The van der Waals surface area contributed by atoms with Crippen molar-refractivity contribution in [1.82, 2.24) is 34.7 Å². The normalized spacial score (nSPS) is 18.2. The van der Waals surface area contributed by atoms with Crippen LogP contribution < -0.4 is 0 Å². The highest BCUT2D eigenvalue weighted by Crippen LogP contribution is 2.38. The fourth-order valence-electron chi connectivity index (χ4n) is 6.93. The van der Waals surface area contributed by atoms with Crippen molar-refractivity contribution >= 4 is 23.1 Å². The Morgan fingerprint density at radius 2 is 1.22 bits per heavy atom. The van der Waals surface area contributed by atoms with Crippen LogP contribution in [0, 0.1) is 0 Å². The number of ether oxygens (including phenoxy) is 2. The van der Waals surface area contributed by atoms with E-state index in [1.165, 1.54) is 0 Å². The van der Waals surface area contributed by atoms with E-state index in [0.29, 0.717) is 13.1 Å². The zero-order chi connectivity index (χ0) is 35.2. The van der Waals surface area contributed by atoms with Crippen LogP contribution >= 0.6 is 0 Å². The Bertz CT molecular complexity index is 2020. The number of hydrogen-bond acceptors (Lipinski definition) is 7. The number of carbonyl (C=O) groups excluding carboxylic acids is 2. The van der Waals surface area contributed by atoms with E-state index in [1.54, 1.807) is 16.0 Å². The molecule has 2 aromatic carbocycles. The number of pyridine rings is 1. The summed E-state index contributed by atoms with van der Waals surface area (Å²) in [5.41, 5.74) is 5.37. The summed E-state index contributed by atoms with van der Waals surface area (Å²) in [6, 6.07) is 16.3. The Kier molecular flexibility index (Phi) is 8.61. The predicted octanol–water partition coefficient (Wildman–Crippen LogP) is 8.83. The molecule has 2 aliphatic heterocycles. The first-order chi connectivity index (χ1) is 23.8. The molecular weight excluding hydrogens is 630 g/mol. The second kappa shape index (κ2) is 12.9. The zero-order valence-corrected chi connectivity index (χ0v) is 29.6. The molecule has 7 rings (SSSR count). The Balaban J connectivity index is 1.11. The van der Waals surface area contributed by atoms with Crippen molar-refractivity contribution in [2.24, 2.45) is 0 Å². The molecule has 0 bridgehead atoms. The van der Waals surface area contributed by atoms with E-state index in [4.69, 9.17) is 24.4 Å². The standard InChI is InChI=1S/C39H45N7O4/c1-38(2,3)49-36(47)45-20-8-11-31(45)34-41-22-29(43-34)25-15-13-24(14-16-25)26-17-18-28(33-27(26)10-7-19-40-33)30-23-42-35(44-30)32-12-9-21-46(32)37(48)50-39(4,5)6/h7,10,13-19,22-23,31-32H,8-9,11-12,20-21H2,1-6H3,(H,41,43)(H,42,44)/t31-,32-/m0/s1. The number of likely N-dealkylation sites (tertiary alicyclic amines) is 2. The van der Waals surface area contributed by atoms with Crippen molar-refractivity contribution in [3.8, 4) is 33.6 Å². The van der Waals surface area contributed by atoms with Gasteiger partial charge in [-0.15, -0.1) is 0 Å². The molecule has 3 aromatic heterocycles. The lowest BCUT2D eigenvalue weighted by molar-refractivity contribution is 0.0208. The van der Waals surface area contributed by atoms with Crippen molar-refractivity contribution in [2.45, 2.75) is 90.5 Å². The number of rotatable bonds is 5. The molecule has 2 amide bonds. The molecule has 2 fully saturated rings. The van der Waals surface area contributed by atoms with Gasteiger partial charge in [0.1, 0.15) is 22.9 Å². The molecule has 0 radical (unpaired) electrons. The summed E-state index contributed by atoms with van der Waals surface area (Å²) in [6.45, 7) is 12.6. The number of hydrogen-bond donors (Lipinski definition) is 2. The minimum Gasteiger partial charge on any atom is -0.444 e. The number of nitrogens with one attached hydrogen (secondary N) is 2. The third-order valence-corrected chi connectivity index (χ3v) is 9.13. The van der Waals surface area contributed by atoms with E-state index in [2.05, 4.69) is 52.4 Å². The molecule has 0 unspecified atom stereocenters. The Labute approximate surface area is 292 Å². The van der Waals surface area contributed by atoms with Gasteiger partial charge in [0.25, 0.3) is 0 Å². The Hall–Kier alpha value is -5.19. The molecule has 260 valence electrons. The molecular formula is C39H45N7O4. The minimum absolute atomic E-state index is 0.136. The maximum Gasteiger partial charge on any atom is 0.410 e. The van der Waals surface area contributed by atoms with Crippen LogP contribution in [0.4, 0.5) is 9.59 Å². The van der Waals surface area contributed by atoms with Gasteiger partial charge in [-0.25, -0.2) is 19.6 Å². The number of aromatic nitrogens is 5. The molecule has 50 heavy (non-hydrogen) atoms. The van der Waals surface area contributed by atoms with Crippen LogP contribution in [-0.2, 0) is 9.47 Å². The molecule has 0 saturated carbocycles. The van der Waals surface area contributed by atoms with Gasteiger partial charge in [0, 0.05) is 48.2 Å². The minimum atomic E-state index is -0.560. The van der Waals surface area contributed by atoms with Crippen molar-refractivity contribution in [3.05, 3.63) is 78.8 Å². The average molecular weight is 676 g/mol. The predicted molar refractivity (Wildman–Crippen MR) is 192 cm³/mol. The number of carbonyl (C=O) groups is 2. The number of fused-ring (bicyclic) bond motifs is 1. The highest BCUT2D eigenvalue weighted by Gasteiger charge is 2.36. The van der Waals surface area contributed by atoms with E-state index in [-0.39, 0.29) is 24.3 Å². The van der Waals surface area contributed by atoms with Crippen molar-refractivity contribution in [3.63, 3.8) is 0 Å². The Morgan fingerprint density at radius 1 is 0.700 bits per heavy atom. The van der Waals surface area contributed by atoms with Gasteiger partial charge in [0.2, 0.25) is 0 Å². The monoisotopic (exact) mass is 675 g/mol. The first-order valence-corrected chi connectivity index (χ1v) is 17.4.